The Morgan fingerprint density at radius 3 is 1.81 bits per heavy atom. The fraction of sp³-hybridized carbons (Fsp3) is 0.600. The summed E-state index contributed by atoms with van der Waals surface area (Å²) in [4.78, 5) is 0. The Labute approximate surface area is 113 Å². The summed E-state index contributed by atoms with van der Waals surface area (Å²) in [6.07, 6.45) is 0. The normalized spacial score (nSPS) is 11.1. The zero-order valence-corrected chi connectivity index (χ0v) is 11.9. The van der Waals surface area contributed by atoms with E-state index in [0.717, 1.165) is 0 Å². The van der Waals surface area contributed by atoms with Crippen molar-refractivity contribution in [2.45, 2.75) is 59.3 Å². The van der Waals surface area contributed by atoms with Crippen molar-refractivity contribution in [1.82, 2.24) is 0 Å². The zero-order valence-electron chi connectivity index (χ0n) is 11.9. The molecule has 0 amide bonds. The molecule has 0 saturated heterocycles. The van der Waals surface area contributed by atoms with Crippen LogP contribution in [0.15, 0.2) is 12.1 Å². The van der Waals surface area contributed by atoms with Crippen molar-refractivity contribution < 1.29 is 18.9 Å². The molecule has 1 heteroatoms. The topological polar surface area (TPSA) is 0 Å². The molecule has 1 aromatic carbocycles. The predicted molar refractivity (Wildman–Crippen MR) is 67.5 cm³/mol. The first-order valence-electron chi connectivity index (χ1n) is 5.99. The van der Waals surface area contributed by atoms with E-state index in [0.29, 0.717) is 17.8 Å². The summed E-state index contributed by atoms with van der Waals surface area (Å²) in [7, 11) is 0. The Hall–Kier alpha value is -0.183. The number of rotatable bonds is 3. The second-order valence-electron chi connectivity index (χ2n) is 5.22. The van der Waals surface area contributed by atoms with Gasteiger partial charge in [0.05, 0.1) is 0 Å². The van der Waals surface area contributed by atoms with Crippen LogP contribution in [0.25, 0.3) is 0 Å². The molecule has 0 atom stereocenters. The van der Waals surface area contributed by atoms with Crippen molar-refractivity contribution in [1.29, 1.82) is 0 Å². The zero-order chi connectivity index (χ0) is 11.6. The molecule has 0 bridgehead atoms. The van der Waals surface area contributed by atoms with Crippen molar-refractivity contribution in [2.24, 2.45) is 0 Å². The summed E-state index contributed by atoms with van der Waals surface area (Å²) in [6.45, 7) is 13.6. The summed E-state index contributed by atoms with van der Waals surface area (Å²) in [5.74, 6) is 1.77. The first-order chi connectivity index (χ1) is 6.95. The second-order valence-corrected chi connectivity index (χ2v) is 5.22. The maximum atomic E-state index is 3.41. The van der Waals surface area contributed by atoms with Crippen molar-refractivity contribution in [3.05, 3.63) is 34.9 Å². The molecule has 0 aromatic heterocycles. The quantitative estimate of drug-likeness (QED) is 0.527. The SMILES string of the molecule is CC(C)c1[c-]ccc(C(C)C)c1C(C)C.[Li+]. The second kappa shape index (κ2) is 6.53. The van der Waals surface area contributed by atoms with Gasteiger partial charge in [-0.15, -0.1) is 5.56 Å². The van der Waals surface area contributed by atoms with Gasteiger partial charge >= 0.3 is 18.9 Å². The van der Waals surface area contributed by atoms with Gasteiger partial charge in [-0.25, -0.2) is 0 Å². The van der Waals surface area contributed by atoms with E-state index in [1.165, 1.54) is 16.7 Å². The average Bonchev–Trinajstić information content (AvgIpc) is 2.16. The van der Waals surface area contributed by atoms with Gasteiger partial charge in [0.15, 0.2) is 0 Å². The molecule has 0 N–H and O–H groups in total. The Kier molecular flexibility index (Phi) is 6.45. The number of benzene rings is 1. The third kappa shape index (κ3) is 3.41. The van der Waals surface area contributed by atoms with Gasteiger partial charge in [0.25, 0.3) is 0 Å². The molecule has 16 heavy (non-hydrogen) atoms. The minimum atomic E-state index is 0. The van der Waals surface area contributed by atoms with E-state index in [9.17, 15) is 0 Å². The molecule has 0 nitrogen and oxygen atoms in total. The van der Waals surface area contributed by atoms with Gasteiger partial charge in [-0.1, -0.05) is 47.5 Å². The Morgan fingerprint density at radius 2 is 1.44 bits per heavy atom. The molecule has 84 valence electrons. The van der Waals surface area contributed by atoms with Gasteiger partial charge in [-0.05, 0) is 11.8 Å². The van der Waals surface area contributed by atoms with Gasteiger partial charge in [0, 0.05) is 0 Å². The van der Waals surface area contributed by atoms with Gasteiger partial charge in [-0.2, -0.15) is 29.3 Å². The van der Waals surface area contributed by atoms with Crippen LogP contribution in [0.4, 0.5) is 0 Å². The Balaban J connectivity index is 0.00000225. The van der Waals surface area contributed by atoms with E-state index in [1.807, 2.05) is 0 Å². The summed E-state index contributed by atoms with van der Waals surface area (Å²) >= 11 is 0. The van der Waals surface area contributed by atoms with E-state index in [2.05, 4.69) is 59.7 Å². The molecule has 0 aliphatic carbocycles. The van der Waals surface area contributed by atoms with E-state index in [1.54, 1.807) is 0 Å². The fourth-order valence-corrected chi connectivity index (χ4v) is 2.17. The van der Waals surface area contributed by atoms with Gasteiger partial charge in [0.2, 0.25) is 0 Å². The van der Waals surface area contributed by atoms with Crippen LogP contribution in [-0.4, -0.2) is 0 Å². The first kappa shape index (κ1) is 15.8. The first-order valence-corrected chi connectivity index (χ1v) is 5.99. The standard InChI is InChI=1S/C15H23.Li/c1-10(2)13-8-7-9-14(11(3)4)15(13)12(5)6;/h7-8,10-12H,1-6H3;/q-1;+1. The summed E-state index contributed by atoms with van der Waals surface area (Å²) in [5, 5.41) is 0. The van der Waals surface area contributed by atoms with Crippen LogP contribution in [0.1, 0.15) is 76.0 Å². The average molecular weight is 210 g/mol. The summed E-state index contributed by atoms with van der Waals surface area (Å²) in [5.41, 5.74) is 4.41. The molecular formula is C15H23Li. The number of hydrogen-bond acceptors (Lipinski definition) is 0. The minimum absolute atomic E-state index is 0. The third-order valence-corrected chi connectivity index (χ3v) is 2.88. The van der Waals surface area contributed by atoms with Crippen LogP contribution in [0.5, 0.6) is 0 Å². The van der Waals surface area contributed by atoms with Crippen LogP contribution in [0, 0.1) is 6.07 Å². The van der Waals surface area contributed by atoms with Crippen molar-refractivity contribution in [2.75, 3.05) is 0 Å². The fourth-order valence-electron chi connectivity index (χ4n) is 2.17. The molecule has 0 spiro atoms. The number of hydrogen-bond donors (Lipinski definition) is 0. The maximum Gasteiger partial charge on any atom is 1.00 e. The molecule has 0 unspecified atom stereocenters. The van der Waals surface area contributed by atoms with E-state index in [-0.39, 0.29) is 18.9 Å². The van der Waals surface area contributed by atoms with E-state index >= 15 is 0 Å². The maximum absolute atomic E-state index is 3.41. The van der Waals surface area contributed by atoms with Gasteiger partial charge in [-0.3, -0.25) is 0 Å². The largest absolute Gasteiger partial charge is 1.00 e. The molecule has 0 aliphatic heterocycles. The van der Waals surface area contributed by atoms with Crippen LogP contribution < -0.4 is 18.9 Å². The summed E-state index contributed by atoms with van der Waals surface area (Å²) in [6, 6.07) is 7.72. The van der Waals surface area contributed by atoms with E-state index in [4.69, 9.17) is 0 Å². The van der Waals surface area contributed by atoms with Crippen molar-refractivity contribution in [3.63, 3.8) is 0 Å². The third-order valence-electron chi connectivity index (χ3n) is 2.88. The van der Waals surface area contributed by atoms with Crippen molar-refractivity contribution in [3.8, 4) is 0 Å². The Bertz CT molecular complexity index is 298. The molecule has 0 heterocycles. The molecule has 0 aliphatic rings. The smallest absolute Gasteiger partial charge is 0.180 e. The molecule has 0 fully saturated rings. The molecule has 1 rings (SSSR count). The molecule has 0 radical (unpaired) electrons. The van der Waals surface area contributed by atoms with Gasteiger partial charge in [0.1, 0.15) is 0 Å². The van der Waals surface area contributed by atoms with Crippen LogP contribution >= 0.6 is 0 Å². The molecule has 0 saturated carbocycles. The van der Waals surface area contributed by atoms with Crippen LogP contribution in [0.3, 0.4) is 0 Å². The van der Waals surface area contributed by atoms with E-state index < -0.39 is 0 Å². The van der Waals surface area contributed by atoms with Crippen molar-refractivity contribution >= 4 is 0 Å². The summed E-state index contributed by atoms with van der Waals surface area (Å²) < 4.78 is 0. The minimum Gasteiger partial charge on any atom is -0.180 e. The Morgan fingerprint density at radius 1 is 0.875 bits per heavy atom. The van der Waals surface area contributed by atoms with Gasteiger partial charge < -0.3 is 0 Å². The monoisotopic (exact) mass is 210 g/mol. The van der Waals surface area contributed by atoms with Crippen LogP contribution in [-0.2, 0) is 0 Å². The van der Waals surface area contributed by atoms with Crippen LogP contribution in [0.2, 0.25) is 0 Å². The predicted octanol–water partition coefficient (Wildman–Crippen LogP) is 1.86. The molecular weight excluding hydrogens is 187 g/mol. The molecule has 1 aromatic rings.